The Bertz CT molecular complexity index is 159. The Labute approximate surface area is 67.3 Å². The van der Waals surface area contributed by atoms with Crippen molar-refractivity contribution in [3.63, 3.8) is 0 Å². The molecule has 0 aromatic heterocycles. The van der Waals surface area contributed by atoms with Gasteiger partial charge in [0.2, 0.25) is 0 Å². The van der Waals surface area contributed by atoms with Crippen LogP contribution in [-0.4, -0.2) is 28.9 Å². The Morgan fingerprint density at radius 3 is 2.18 bits per heavy atom. The van der Waals surface area contributed by atoms with E-state index in [1.165, 1.54) is 13.0 Å². The summed E-state index contributed by atoms with van der Waals surface area (Å²) in [5.41, 5.74) is 0. The van der Waals surface area contributed by atoms with Gasteiger partial charge in [0.15, 0.2) is 11.7 Å². The van der Waals surface area contributed by atoms with Gasteiger partial charge in [-0.15, -0.1) is 0 Å². The van der Waals surface area contributed by atoms with E-state index >= 15 is 0 Å². The standard InChI is InChI=1S/C8H15NO2/c1-4-9(5-2)8(11)6-7(3)10/h6,11H,4-5H2,1-3H3/b8-6-. The normalized spacial score (nSPS) is 11.4. The summed E-state index contributed by atoms with van der Waals surface area (Å²) in [5.74, 6) is -0.0723. The highest BCUT2D eigenvalue weighted by Gasteiger charge is 2.02. The van der Waals surface area contributed by atoms with E-state index < -0.39 is 0 Å². The number of hydrogen-bond acceptors (Lipinski definition) is 3. The molecule has 0 aromatic carbocycles. The van der Waals surface area contributed by atoms with Crippen LogP contribution < -0.4 is 0 Å². The van der Waals surface area contributed by atoms with Crippen LogP contribution in [0.15, 0.2) is 12.0 Å². The van der Waals surface area contributed by atoms with Crippen molar-refractivity contribution in [1.82, 2.24) is 4.90 Å². The molecule has 64 valence electrons. The Hall–Kier alpha value is -0.990. The monoisotopic (exact) mass is 157 g/mol. The molecule has 0 heterocycles. The summed E-state index contributed by atoms with van der Waals surface area (Å²) in [6, 6.07) is 0. The predicted molar refractivity (Wildman–Crippen MR) is 44.3 cm³/mol. The van der Waals surface area contributed by atoms with Gasteiger partial charge in [-0.1, -0.05) is 0 Å². The zero-order valence-electron chi connectivity index (χ0n) is 7.29. The maximum absolute atomic E-state index is 10.5. The fourth-order valence-electron chi connectivity index (χ4n) is 0.821. The third kappa shape index (κ3) is 3.65. The van der Waals surface area contributed by atoms with E-state index in [1.54, 1.807) is 4.90 Å². The van der Waals surface area contributed by atoms with Gasteiger partial charge in [-0.25, -0.2) is 0 Å². The number of aliphatic hydroxyl groups is 1. The summed E-state index contributed by atoms with van der Waals surface area (Å²) in [6.45, 7) is 6.69. The molecule has 0 fully saturated rings. The Balaban J connectivity index is 4.18. The Morgan fingerprint density at radius 2 is 1.91 bits per heavy atom. The Kier molecular flexibility index (Phi) is 4.34. The second-order valence-corrected chi connectivity index (χ2v) is 2.29. The second-order valence-electron chi connectivity index (χ2n) is 2.29. The molecule has 1 N–H and O–H groups in total. The van der Waals surface area contributed by atoms with Gasteiger partial charge in [-0.05, 0) is 20.8 Å². The molecule has 3 nitrogen and oxygen atoms in total. The van der Waals surface area contributed by atoms with Crippen LogP contribution in [0, 0.1) is 0 Å². The number of allylic oxidation sites excluding steroid dienone is 1. The highest BCUT2D eigenvalue weighted by Crippen LogP contribution is 1.98. The van der Waals surface area contributed by atoms with E-state index in [-0.39, 0.29) is 11.7 Å². The van der Waals surface area contributed by atoms with Crippen LogP contribution in [0.1, 0.15) is 20.8 Å². The first-order valence-electron chi connectivity index (χ1n) is 3.78. The van der Waals surface area contributed by atoms with Gasteiger partial charge in [0.05, 0.1) is 0 Å². The largest absolute Gasteiger partial charge is 0.495 e. The van der Waals surface area contributed by atoms with E-state index in [0.29, 0.717) is 13.1 Å². The quantitative estimate of drug-likeness (QED) is 0.494. The third-order valence-corrected chi connectivity index (χ3v) is 1.42. The minimum Gasteiger partial charge on any atom is -0.495 e. The maximum atomic E-state index is 10.5. The van der Waals surface area contributed by atoms with Crippen molar-refractivity contribution in [2.24, 2.45) is 0 Å². The third-order valence-electron chi connectivity index (χ3n) is 1.42. The van der Waals surface area contributed by atoms with Gasteiger partial charge in [-0.3, -0.25) is 4.79 Å². The fourth-order valence-corrected chi connectivity index (χ4v) is 0.821. The highest BCUT2D eigenvalue weighted by atomic mass is 16.3. The summed E-state index contributed by atoms with van der Waals surface area (Å²) >= 11 is 0. The van der Waals surface area contributed by atoms with Crippen LogP contribution in [0.25, 0.3) is 0 Å². The predicted octanol–water partition coefficient (Wildman–Crippen LogP) is 1.32. The average molecular weight is 157 g/mol. The van der Waals surface area contributed by atoms with Crippen molar-refractivity contribution in [3.8, 4) is 0 Å². The molecule has 0 rings (SSSR count). The molecule has 0 aliphatic carbocycles. The number of rotatable bonds is 4. The lowest BCUT2D eigenvalue weighted by molar-refractivity contribution is -0.112. The van der Waals surface area contributed by atoms with Crippen molar-refractivity contribution >= 4 is 5.78 Å². The van der Waals surface area contributed by atoms with Crippen molar-refractivity contribution in [2.45, 2.75) is 20.8 Å². The molecular weight excluding hydrogens is 142 g/mol. The van der Waals surface area contributed by atoms with Crippen LogP contribution in [-0.2, 0) is 4.79 Å². The SMILES string of the molecule is CCN(CC)/C(O)=C/C(C)=O. The molecule has 0 spiro atoms. The van der Waals surface area contributed by atoms with Crippen molar-refractivity contribution in [3.05, 3.63) is 12.0 Å². The van der Waals surface area contributed by atoms with Crippen LogP contribution in [0.4, 0.5) is 0 Å². The first kappa shape index (κ1) is 10.0. The molecular formula is C8H15NO2. The zero-order valence-corrected chi connectivity index (χ0v) is 7.29. The second kappa shape index (κ2) is 4.77. The van der Waals surface area contributed by atoms with Crippen LogP contribution in [0.2, 0.25) is 0 Å². The lowest BCUT2D eigenvalue weighted by Gasteiger charge is -2.18. The molecule has 11 heavy (non-hydrogen) atoms. The first-order valence-corrected chi connectivity index (χ1v) is 3.78. The molecule has 0 radical (unpaired) electrons. The number of hydrogen-bond donors (Lipinski definition) is 1. The summed E-state index contributed by atoms with van der Waals surface area (Å²) in [7, 11) is 0. The van der Waals surface area contributed by atoms with Crippen molar-refractivity contribution in [2.75, 3.05) is 13.1 Å². The highest BCUT2D eigenvalue weighted by molar-refractivity contribution is 5.87. The number of carbonyl (C=O) groups is 1. The van der Waals surface area contributed by atoms with E-state index in [0.717, 1.165) is 0 Å². The molecule has 0 unspecified atom stereocenters. The lowest BCUT2D eigenvalue weighted by atomic mass is 10.4. The van der Waals surface area contributed by atoms with E-state index in [2.05, 4.69) is 0 Å². The van der Waals surface area contributed by atoms with Gasteiger partial charge in [0, 0.05) is 19.2 Å². The number of carbonyl (C=O) groups excluding carboxylic acids is 1. The molecule has 0 aliphatic heterocycles. The number of nitrogens with zero attached hydrogens (tertiary/aromatic N) is 1. The Morgan fingerprint density at radius 1 is 1.45 bits per heavy atom. The molecule has 0 atom stereocenters. The molecule has 0 amide bonds. The first-order chi connectivity index (χ1) is 5.11. The maximum Gasteiger partial charge on any atom is 0.190 e. The summed E-state index contributed by atoms with van der Waals surface area (Å²) in [5, 5.41) is 9.25. The van der Waals surface area contributed by atoms with E-state index in [9.17, 15) is 9.90 Å². The topological polar surface area (TPSA) is 40.5 Å². The minimum atomic E-state index is -0.130. The van der Waals surface area contributed by atoms with Gasteiger partial charge < -0.3 is 10.0 Å². The van der Waals surface area contributed by atoms with Crippen molar-refractivity contribution in [1.29, 1.82) is 0 Å². The van der Waals surface area contributed by atoms with Crippen molar-refractivity contribution < 1.29 is 9.90 Å². The van der Waals surface area contributed by atoms with Gasteiger partial charge in [0.1, 0.15) is 0 Å². The average Bonchev–Trinajstić information content (AvgIpc) is 1.88. The summed E-state index contributed by atoms with van der Waals surface area (Å²) in [4.78, 5) is 12.2. The van der Waals surface area contributed by atoms with Crippen LogP contribution >= 0.6 is 0 Å². The zero-order chi connectivity index (χ0) is 8.85. The molecule has 0 aliphatic rings. The molecule has 0 saturated carbocycles. The number of ketones is 1. The van der Waals surface area contributed by atoms with E-state index in [1.807, 2.05) is 13.8 Å². The van der Waals surface area contributed by atoms with Gasteiger partial charge in [0.25, 0.3) is 0 Å². The fraction of sp³-hybridized carbons (Fsp3) is 0.625. The summed E-state index contributed by atoms with van der Waals surface area (Å²) < 4.78 is 0. The van der Waals surface area contributed by atoms with Gasteiger partial charge >= 0.3 is 0 Å². The van der Waals surface area contributed by atoms with E-state index in [4.69, 9.17) is 0 Å². The smallest absolute Gasteiger partial charge is 0.190 e. The molecule has 3 heteroatoms. The molecule has 0 bridgehead atoms. The van der Waals surface area contributed by atoms with Crippen LogP contribution in [0.5, 0.6) is 0 Å². The lowest BCUT2D eigenvalue weighted by Crippen LogP contribution is -2.22. The molecule has 0 saturated heterocycles. The number of aliphatic hydroxyl groups excluding tert-OH is 1. The molecule has 0 aromatic rings. The van der Waals surface area contributed by atoms with Crippen LogP contribution in [0.3, 0.4) is 0 Å². The minimum absolute atomic E-state index is 0.0579. The summed E-state index contributed by atoms with van der Waals surface area (Å²) in [6.07, 6.45) is 1.23. The van der Waals surface area contributed by atoms with Gasteiger partial charge in [-0.2, -0.15) is 0 Å².